The molecular weight excluding hydrogens is 548 g/mol. The Morgan fingerprint density at radius 1 is 1.12 bits per heavy atom. The third kappa shape index (κ3) is 6.18. The summed E-state index contributed by atoms with van der Waals surface area (Å²) < 4.78 is 60.6. The van der Waals surface area contributed by atoms with Crippen LogP contribution in [0.3, 0.4) is 0 Å². The fourth-order valence-electron chi connectivity index (χ4n) is 5.03. The molecule has 0 atom stereocenters. The number of benzene rings is 2. The van der Waals surface area contributed by atoms with Gasteiger partial charge >= 0.3 is 6.18 Å². The molecule has 1 aromatic heterocycles. The minimum absolute atomic E-state index is 0.0224. The van der Waals surface area contributed by atoms with Crippen molar-refractivity contribution in [2.24, 2.45) is 0 Å². The van der Waals surface area contributed by atoms with E-state index < -0.39 is 23.0 Å². The van der Waals surface area contributed by atoms with Crippen molar-refractivity contribution in [1.29, 1.82) is 0 Å². The number of aromatic nitrogens is 1. The number of hydrogen-bond donors (Lipinski definition) is 2. The second kappa shape index (κ2) is 12.4. The van der Waals surface area contributed by atoms with Gasteiger partial charge in [0.25, 0.3) is 0 Å². The first-order chi connectivity index (χ1) is 19.1. The third-order valence-corrected chi connectivity index (χ3v) is 7.47. The van der Waals surface area contributed by atoms with Gasteiger partial charge in [-0.25, -0.2) is 4.39 Å². The quantitative estimate of drug-likeness (QED) is 0.247. The van der Waals surface area contributed by atoms with E-state index in [2.05, 4.69) is 15.6 Å². The number of hydrogen-bond acceptors (Lipinski definition) is 5. The Kier molecular flexibility index (Phi) is 9.20. The summed E-state index contributed by atoms with van der Waals surface area (Å²) in [5.41, 5.74) is -0.410. The zero-order valence-electron chi connectivity index (χ0n) is 22.2. The Bertz CT molecular complexity index is 1340. The van der Waals surface area contributed by atoms with Crippen molar-refractivity contribution in [2.45, 2.75) is 31.4 Å². The molecule has 2 N–H and O–H groups in total. The van der Waals surface area contributed by atoms with E-state index in [1.54, 1.807) is 31.3 Å². The van der Waals surface area contributed by atoms with Crippen LogP contribution in [0.15, 0.2) is 54.7 Å². The summed E-state index contributed by atoms with van der Waals surface area (Å²) >= 11 is 6.24. The van der Waals surface area contributed by atoms with Gasteiger partial charge in [0.2, 0.25) is 5.91 Å². The highest BCUT2D eigenvalue weighted by molar-refractivity contribution is 6.33. The molecule has 2 aromatic carbocycles. The Morgan fingerprint density at radius 2 is 1.85 bits per heavy atom. The van der Waals surface area contributed by atoms with E-state index >= 15 is 4.39 Å². The molecule has 2 heterocycles. The van der Waals surface area contributed by atoms with Crippen LogP contribution in [0.2, 0.25) is 5.02 Å². The third-order valence-electron chi connectivity index (χ3n) is 7.16. The van der Waals surface area contributed by atoms with Gasteiger partial charge < -0.3 is 20.3 Å². The number of pyridine rings is 1. The van der Waals surface area contributed by atoms with Gasteiger partial charge in [-0.15, -0.1) is 0 Å². The van der Waals surface area contributed by atoms with Crippen LogP contribution in [0.5, 0.6) is 5.75 Å². The van der Waals surface area contributed by atoms with Crippen LogP contribution in [0.4, 0.5) is 23.2 Å². The Morgan fingerprint density at radius 3 is 2.48 bits per heavy atom. The van der Waals surface area contributed by atoms with E-state index in [-0.39, 0.29) is 29.5 Å². The van der Waals surface area contributed by atoms with Gasteiger partial charge in [-0.1, -0.05) is 23.7 Å². The molecule has 1 amide bonds. The zero-order chi connectivity index (χ0) is 28.9. The molecule has 1 aliphatic heterocycles. The first-order valence-corrected chi connectivity index (χ1v) is 13.4. The number of alkyl halides is 3. The number of likely N-dealkylation sites (N-methyl/N-ethyl adjacent to an activating group) is 1. The van der Waals surface area contributed by atoms with Crippen LogP contribution >= 0.6 is 11.6 Å². The molecule has 0 aliphatic carbocycles. The molecule has 0 unspecified atom stereocenters. The molecule has 6 nitrogen and oxygen atoms in total. The molecule has 11 heteroatoms. The van der Waals surface area contributed by atoms with Crippen LogP contribution in [0.25, 0.3) is 11.3 Å². The minimum Gasteiger partial charge on any atom is -0.493 e. The Hall–Kier alpha value is -3.37. The summed E-state index contributed by atoms with van der Waals surface area (Å²) in [6.07, 6.45) is -2.41. The van der Waals surface area contributed by atoms with Crippen LogP contribution in [0.1, 0.15) is 30.9 Å². The largest absolute Gasteiger partial charge is 0.493 e. The first-order valence-electron chi connectivity index (χ1n) is 13.0. The van der Waals surface area contributed by atoms with Crippen LogP contribution < -0.4 is 20.3 Å². The predicted octanol–water partition coefficient (Wildman–Crippen LogP) is 5.83. The Labute approximate surface area is 235 Å². The predicted molar refractivity (Wildman–Crippen MR) is 147 cm³/mol. The van der Waals surface area contributed by atoms with Crippen molar-refractivity contribution in [3.8, 4) is 17.0 Å². The molecule has 0 radical (unpaired) electrons. The second-order valence-corrected chi connectivity index (χ2v) is 9.98. The average molecular weight is 579 g/mol. The summed E-state index contributed by atoms with van der Waals surface area (Å²) in [5.74, 6) is -0.338. The van der Waals surface area contributed by atoms with Gasteiger partial charge in [-0.2, -0.15) is 13.2 Å². The number of carbonyl (C=O) groups is 1. The molecule has 1 fully saturated rings. The summed E-state index contributed by atoms with van der Waals surface area (Å²) in [6.45, 7) is 3.81. The lowest BCUT2D eigenvalue weighted by Crippen LogP contribution is -2.52. The number of nitrogens with zero attached hydrogens (tertiary/aromatic N) is 2. The fraction of sp³-hybridized carbons (Fsp3) is 0.379. The number of halogens is 5. The molecule has 40 heavy (non-hydrogen) atoms. The molecule has 4 rings (SSSR count). The fourth-order valence-corrected chi connectivity index (χ4v) is 5.33. The number of rotatable bonds is 9. The van der Waals surface area contributed by atoms with E-state index in [4.69, 9.17) is 16.3 Å². The maximum atomic E-state index is 15.6. The van der Waals surface area contributed by atoms with Crippen molar-refractivity contribution >= 4 is 23.2 Å². The number of para-hydroxylation sites is 1. The topological polar surface area (TPSA) is 66.5 Å². The van der Waals surface area contributed by atoms with Crippen molar-refractivity contribution < 1.29 is 27.1 Å². The first kappa shape index (κ1) is 29.6. The van der Waals surface area contributed by atoms with Crippen LogP contribution in [-0.4, -0.2) is 50.7 Å². The highest BCUT2D eigenvalue weighted by Crippen LogP contribution is 2.41. The molecule has 0 saturated carbocycles. The van der Waals surface area contributed by atoms with E-state index in [0.29, 0.717) is 55.3 Å². The van der Waals surface area contributed by atoms with Crippen molar-refractivity contribution in [1.82, 2.24) is 15.6 Å². The average Bonchev–Trinajstić information content (AvgIpc) is 2.93. The summed E-state index contributed by atoms with van der Waals surface area (Å²) in [4.78, 5) is 19.9. The normalized spacial score (nSPS) is 15.1. The highest BCUT2D eigenvalue weighted by atomic mass is 35.5. The lowest BCUT2D eigenvalue weighted by molar-refractivity contribution is -0.137. The molecule has 1 aliphatic rings. The van der Waals surface area contributed by atoms with Crippen molar-refractivity contribution in [3.63, 3.8) is 0 Å². The minimum atomic E-state index is -4.50. The molecule has 0 spiro atoms. The van der Waals surface area contributed by atoms with Gasteiger partial charge in [0.05, 0.1) is 28.3 Å². The maximum Gasteiger partial charge on any atom is 0.416 e. The van der Waals surface area contributed by atoms with Crippen LogP contribution in [0, 0.1) is 5.82 Å². The standard InChI is InChI=1S/C29H31ClF4N4O2/c1-3-40-25-7-5-4-6-21(25)26-23(31)17-20(18-37-26)28(27(39)36-13-12-35-2)10-14-38(15-11-28)24-9-8-19(16-22(24)30)29(32,33)34/h4-9,16-18,35H,3,10-15H2,1-2H3,(H,36,39). The lowest BCUT2D eigenvalue weighted by Gasteiger charge is -2.42. The van der Waals surface area contributed by atoms with Crippen LogP contribution in [-0.2, 0) is 16.4 Å². The molecular formula is C29H31ClF4N4O2. The second-order valence-electron chi connectivity index (χ2n) is 9.58. The monoisotopic (exact) mass is 578 g/mol. The number of ether oxygens (including phenoxy) is 1. The summed E-state index contributed by atoms with van der Waals surface area (Å²) in [6, 6.07) is 11.6. The van der Waals surface area contributed by atoms with Gasteiger partial charge in [0.1, 0.15) is 17.3 Å². The van der Waals surface area contributed by atoms with E-state index in [9.17, 15) is 18.0 Å². The summed E-state index contributed by atoms with van der Waals surface area (Å²) in [5, 5.41) is 5.89. The number of anilines is 1. The highest BCUT2D eigenvalue weighted by Gasteiger charge is 2.44. The van der Waals surface area contributed by atoms with E-state index in [1.165, 1.54) is 18.3 Å². The van der Waals surface area contributed by atoms with E-state index in [1.807, 2.05) is 11.8 Å². The molecule has 214 valence electrons. The lowest BCUT2D eigenvalue weighted by atomic mass is 9.72. The summed E-state index contributed by atoms with van der Waals surface area (Å²) in [7, 11) is 1.77. The number of nitrogens with one attached hydrogen (secondary N) is 2. The van der Waals surface area contributed by atoms with Gasteiger partial charge in [-0.3, -0.25) is 9.78 Å². The number of carbonyl (C=O) groups excluding carboxylic acids is 1. The SMILES string of the molecule is CCOc1ccccc1-c1ncc(C2(C(=O)NCCNC)CCN(c3ccc(C(F)(F)F)cc3Cl)CC2)cc1F. The Balaban J connectivity index is 1.65. The molecule has 3 aromatic rings. The molecule has 0 bridgehead atoms. The number of piperidine rings is 1. The number of amides is 1. The molecule has 1 saturated heterocycles. The maximum absolute atomic E-state index is 15.6. The van der Waals surface area contributed by atoms with Gasteiger partial charge in [-0.05, 0) is 68.8 Å². The zero-order valence-corrected chi connectivity index (χ0v) is 23.0. The van der Waals surface area contributed by atoms with E-state index in [0.717, 1.165) is 12.1 Å². The van der Waals surface area contributed by atoms with Gasteiger partial charge in [0, 0.05) is 37.9 Å². The van der Waals surface area contributed by atoms with Crippen molar-refractivity contribution in [3.05, 3.63) is 76.7 Å². The smallest absolute Gasteiger partial charge is 0.416 e. The van der Waals surface area contributed by atoms with Crippen molar-refractivity contribution in [2.75, 3.05) is 44.7 Å². The van der Waals surface area contributed by atoms with Gasteiger partial charge in [0.15, 0.2) is 0 Å².